The average Bonchev–Trinajstić information content (AvgIpc) is 2.93. The Bertz CT molecular complexity index is 896. The molecule has 26 heavy (non-hydrogen) atoms. The molecule has 1 aromatic heterocycles. The molecule has 8 heteroatoms. The van der Waals surface area contributed by atoms with Crippen molar-refractivity contribution in [2.24, 2.45) is 7.05 Å². The average molecular weight is 396 g/mol. The Labute approximate surface area is 158 Å². The maximum absolute atomic E-state index is 12.7. The summed E-state index contributed by atoms with van der Waals surface area (Å²) in [5.74, 6) is -0.213. The summed E-state index contributed by atoms with van der Waals surface area (Å²) >= 11 is 5.97. The first-order chi connectivity index (χ1) is 12.3. The van der Waals surface area contributed by atoms with Gasteiger partial charge >= 0.3 is 0 Å². The molecule has 1 aliphatic heterocycles. The van der Waals surface area contributed by atoms with E-state index < -0.39 is 10.0 Å². The SMILES string of the molecule is Cn1cc(Cl)cc1C(=O)N[C@H]1CN(S(C)(=O)=O)CC[C@H]1c1ccccc1. The van der Waals surface area contributed by atoms with E-state index in [0.717, 1.165) is 5.56 Å². The largest absolute Gasteiger partial charge is 0.346 e. The van der Waals surface area contributed by atoms with Gasteiger partial charge in [-0.3, -0.25) is 4.79 Å². The van der Waals surface area contributed by atoms with Gasteiger partial charge in [-0.25, -0.2) is 12.7 Å². The summed E-state index contributed by atoms with van der Waals surface area (Å²) in [6.45, 7) is 0.697. The summed E-state index contributed by atoms with van der Waals surface area (Å²) in [4.78, 5) is 12.7. The van der Waals surface area contributed by atoms with Crippen LogP contribution >= 0.6 is 11.6 Å². The molecule has 1 N–H and O–H groups in total. The molecule has 1 aliphatic rings. The van der Waals surface area contributed by atoms with E-state index >= 15 is 0 Å². The molecule has 140 valence electrons. The first-order valence-corrected chi connectivity index (χ1v) is 10.6. The van der Waals surface area contributed by atoms with Gasteiger partial charge in [0.05, 0.1) is 11.3 Å². The van der Waals surface area contributed by atoms with E-state index in [2.05, 4.69) is 5.32 Å². The normalized spacial score (nSPS) is 21.5. The van der Waals surface area contributed by atoms with Crippen molar-refractivity contribution in [3.8, 4) is 0 Å². The number of halogens is 1. The first kappa shape index (κ1) is 18.9. The Morgan fingerprint density at radius 3 is 2.54 bits per heavy atom. The summed E-state index contributed by atoms with van der Waals surface area (Å²) in [5.41, 5.74) is 1.54. The van der Waals surface area contributed by atoms with E-state index in [9.17, 15) is 13.2 Å². The van der Waals surface area contributed by atoms with Crippen molar-refractivity contribution in [1.82, 2.24) is 14.2 Å². The van der Waals surface area contributed by atoms with Crippen molar-refractivity contribution in [2.75, 3.05) is 19.3 Å². The van der Waals surface area contributed by atoms with E-state index in [4.69, 9.17) is 11.6 Å². The van der Waals surface area contributed by atoms with Crippen LogP contribution in [0, 0.1) is 0 Å². The van der Waals surface area contributed by atoms with E-state index in [1.165, 1.54) is 10.6 Å². The second kappa shape index (κ2) is 7.42. The number of carbonyl (C=O) groups excluding carboxylic acids is 1. The molecule has 0 spiro atoms. The zero-order chi connectivity index (χ0) is 18.9. The fraction of sp³-hybridized carbons (Fsp3) is 0.389. The highest BCUT2D eigenvalue weighted by Crippen LogP contribution is 2.29. The molecule has 6 nitrogen and oxygen atoms in total. The van der Waals surface area contributed by atoms with E-state index in [-0.39, 0.29) is 24.4 Å². The summed E-state index contributed by atoms with van der Waals surface area (Å²) in [6.07, 6.45) is 3.51. The maximum Gasteiger partial charge on any atom is 0.268 e. The Morgan fingerprint density at radius 2 is 1.96 bits per heavy atom. The molecule has 0 aliphatic carbocycles. The van der Waals surface area contributed by atoms with Crippen molar-refractivity contribution >= 4 is 27.5 Å². The zero-order valence-electron chi connectivity index (χ0n) is 14.7. The van der Waals surface area contributed by atoms with Gasteiger partial charge in [0.2, 0.25) is 10.0 Å². The van der Waals surface area contributed by atoms with Crippen molar-refractivity contribution in [3.63, 3.8) is 0 Å². The van der Waals surface area contributed by atoms with Crippen LogP contribution in [-0.4, -0.2) is 48.6 Å². The Balaban J connectivity index is 1.86. The first-order valence-electron chi connectivity index (χ1n) is 8.38. The number of hydrogen-bond donors (Lipinski definition) is 1. The smallest absolute Gasteiger partial charge is 0.268 e. The molecular formula is C18H22ClN3O3S. The fourth-order valence-electron chi connectivity index (χ4n) is 3.46. The van der Waals surface area contributed by atoms with Crippen LogP contribution < -0.4 is 5.32 Å². The van der Waals surface area contributed by atoms with Crippen molar-refractivity contribution in [1.29, 1.82) is 0 Å². The van der Waals surface area contributed by atoms with Gasteiger partial charge in [0.15, 0.2) is 0 Å². The van der Waals surface area contributed by atoms with Gasteiger partial charge in [-0.1, -0.05) is 41.9 Å². The van der Waals surface area contributed by atoms with E-state index in [1.807, 2.05) is 30.3 Å². The number of piperidine rings is 1. The molecular weight excluding hydrogens is 374 g/mol. The van der Waals surface area contributed by atoms with Crippen molar-refractivity contribution in [2.45, 2.75) is 18.4 Å². The van der Waals surface area contributed by atoms with Crippen LogP contribution in [0.1, 0.15) is 28.4 Å². The molecule has 2 atom stereocenters. The van der Waals surface area contributed by atoms with Gasteiger partial charge in [0.1, 0.15) is 5.69 Å². The van der Waals surface area contributed by atoms with Gasteiger partial charge in [0, 0.05) is 38.3 Å². The van der Waals surface area contributed by atoms with Crippen molar-refractivity contribution in [3.05, 3.63) is 58.9 Å². The minimum atomic E-state index is -3.31. The topological polar surface area (TPSA) is 71.4 Å². The lowest BCUT2D eigenvalue weighted by Gasteiger charge is -2.38. The van der Waals surface area contributed by atoms with Gasteiger partial charge in [0.25, 0.3) is 5.91 Å². The lowest BCUT2D eigenvalue weighted by Crippen LogP contribution is -2.53. The lowest BCUT2D eigenvalue weighted by atomic mass is 9.86. The van der Waals surface area contributed by atoms with E-state index in [0.29, 0.717) is 23.7 Å². The number of sulfonamides is 1. The molecule has 1 amide bonds. The van der Waals surface area contributed by atoms with Crippen LogP contribution in [0.2, 0.25) is 5.02 Å². The summed E-state index contributed by atoms with van der Waals surface area (Å²) in [5, 5.41) is 3.50. The second-order valence-electron chi connectivity index (χ2n) is 6.66. The minimum Gasteiger partial charge on any atom is -0.346 e. The molecule has 3 rings (SSSR count). The van der Waals surface area contributed by atoms with Gasteiger partial charge in [-0.2, -0.15) is 0 Å². The van der Waals surface area contributed by atoms with Gasteiger partial charge < -0.3 is 9.88 Å². The molecule has 0 bridgehead atoms. The number of nitrogens with zero attached hydrogens (tertiary/aromatic N) is 2. The number of nitrogens with one attached hydrogen (secondary N) is 1. The number of amides is 1. The Hall–Kier alpha value is -1.83. The van der Waals surface area contributed by atoms with Crippen LogP contribution in [0.3, 0.4) is 0 Å². The summed E-state index contributed by atoms with van der Waals surface area (Å²) < 4.78 is 27.0. The number of aromatic nitrogens is 1. The maximum atomic E-state index is 12.7. The van der Waals surface area contributed by atoms with Crippen LogP contribution in [0.15, 0.2) is 42.6 Å². The van der Waals surface area contributed by atoms with Crippen LogP contribution in [-0.2, 0) is 17.1 Å². The minimum absolute atomic E-state index is 0.0499. The third-order valence-corrected chi connectivity index (χ3v) is 6.27. The predicted octanol–water partition coefficient (Wildman–Crippen LogP) is 2.23. The summed E-state index contributed by atoms with van der Waals surface area (Å²) in [7, 11) is -1.56. The fourth-order valence-corrected chi connectivity index (χ4v) is 4.58. The van der Waals surface area contributed by atoms with Crippen LogP contribution in [0.5, 0.6) is 0 Å². The molecule has 0 unspecified atom stereocenters. The second-order valence-corrected chi connectivity index (χ2v) is 9.08. The molecule has 2 heterocycles. The molecule has 0 saturated carbocycles. The number of hydrogen-bond acceptors (Lipinski definition) is 3. The van der Waals surface area contributed by atoms with Gasteiger partial charge in [-0.15, -0.1) is 0 Å². The third kappa shape index (κ3) is 4.11. The number of benzene rings is 1. The Morgan fingerprint density at radius 1 is 1.27 bits per heavy atom. The third-order valence-electron chi connectivity index (χ3n) is 4.79. The van der Waals surface area contributed by atoms with Gasteiger partial charge in [-0.05, 0) is 18.1 Å². The molecule has 1 aromatic carbocycles. The summed E-state index contributed by atoms with van der Waals surface area (Å²) in [6, 6.07) is 11.2. The quantitative estimate of drug-likeness (QED) is 0.862. The van der Waals surface area contributed by atoms with Crippen LogP contribution in [0.4, 0.5) is 0 Å². The molecule has 1 fully saturated rings. The monoisotopic (exact) mass is 395 g/mol. The predicted molar refractivity (Wildman–Crippen MR) is 102 cm³/mol. The molecule has 2 aromatic rings. The number of aryl methyl sites for hydroxylation is 1. The Kier molecular flexibility index (Phi) is 5.41. The van der Waals surface area contributed by atoms with Crippen molar-refractivity contribution < 1.29 is 13.2 Å². The lowest BCUT2D eigenvalue weighted by molar-refractivity contribution is 0.0904. The standard InChI is InChI=1S/C18H22ClN3O3S/c1-21-11-14(19)10-17(21)18(23)20-16-12-22(26(2,24)25)9-8-15(16)13-6-4-3-5-7-13/h3-7,10-11,15-16H,8-9,12H2,1-2H3,(H,20,23)/t15-,16-/m0/s1. The van der Waals surface area contributed by atoms with E-state index in [1.54, 1.807) is 23.9 Å². The highest BCUT2D eigenvalue weighted by Gasteiger charge is 2.35. The number of rotatable bonds is 4. The molecule has 1 saturated heterocycles. The van der Waals surface area contributed by atoms with Crippen LogP contribution in [0.25, 0.3) is 0 Å². The highest BCUT2D eigenvalue weighted by molar-refractivity contribution is 7.88. The molecule has 0 radical (unpaired) electrons. The highest BCUT2D eigenvalue weighted by atomic mass is 35.5. The zero-order valence-corrected chi connectivity index (χ0v) is 16.3. The number of carbonyl (C=O) groups is 1.